The fraction of sp³-hybridized carbons (Fsp3) is 0.417. The van der Waals surface area contributed by atoms with Crippen molar-refractivity contribution in [1.29, 1.82) is 0 Å². The zero-order valence-electron chi connectivity index (χ0n) is 17.2. The van der Waals surface area contributed by atoms with E-state index in [1.165, 1.54) is 23.5 Å². The van der Waals surface area contributed by atoms with Gasteiger partial charge in [-0.25, -0.2) is 0 Å². The highest BCUT2D eigenvalue weighted by Crippen LogP contribution is 2.34. The van der Waals surface area contributed by atoms with Gasteiger partial charge in [0.25, 0.3) is 0 Å². The maximum absolute atomic E-state index is 12.3. The Bertz CT molecular complexity index is 929. The molecular formula is C24H28O5S2. The predicted octanol–water partition coefficient (Wildman–Crippen LogP) is 3.56. The van der Waals surface area contributed by atoms with Crippen LogP contribution >= 0.6 is 23.5 Å². The van der Waals surface area contributed by atoms with E-state index in [1.54, 1.807) is 12.2 Å². The van der Waals surface area contributed by atoms with Crippen LogP contribution < -0.4 is 0 Å². The number of aliphatic carboxylic acids is 1. The minimum Gasteiger partial charge on any atom is -0.481 e. The van der Waals surface area contributed by atoms with Crippen LogP contribution in [-0.2, 0) is 16.0 Å². The summed E-state index contributed by atoms with van der Waals surface area (Å²) in [5, 5.41) is 31.4. The van der Waals surface area contributed by atoms with E-state index < -0.39 is 18.2 Å². The van der Waals surface area contributed by atoms with Crippen LogP contribution in [0.2, 0.25) is 0 Å². The van der Waals surface area contributed by atoms with Crippen molar-refractivity contribution in [2.45, 2.75) is 36.7 Å². The van der Waals surface area contributed by atoms with Gasteiger partial charge >= 0.3 is 5.97 Å². The number of carboxylic acids is 1. The number of ketones is 1. The maximum atomic E-state index is 12.3. The molecule has 0 aromatic heterocycles. The van der Waals surface area contributed by atoms with Crippen molar-refractivity contribution in [3.8, 4) is 0 Å². The number of thioether (sulfide) groups is 2. The first-order valence-electron chi connectivity index (χ1n) is 10.4. The van der Waals surface area contributed by atoms with Crippen LogP contribution in [0.15, 0.2) is 54.6 Å². The number of hydrogen-bond acceptors (Lipinski definition) is 6. The molecule has 4 atom stereocenters. The lowest BCUT2D eigenvalue weighted by Gasteiger charge is -2.17. The number of fused-ring (bicyclic) bond motifs is 1. The van der Waals surface area contributed by atoms with Gasteiger partial charge in [0.1, 0.15) is 5.78 Å². The van der Waals surface area contributed by atoms with Crippen molar-refractivity contribution in [3.05, 3.63) is 60.2 Å². The van der Waals surface area contributed by atoms with Gasteiger partial charge in [-0.05, 0) is 34.3 Å². The second-order valence-corrected chi connectivity index (χ2v) is 10.1. The molecule has 1 aliphatic rings. The second kappa shape index (κ2) is 11.7. The average molecular weight is 461 g/mol. The van der Waals surface area contributed by atoms with Gasteiger partial charge in [-0.15, -0.1) is 11.8 Å². The van der Waals surface area contributed by atoms with E-state index in [0.29, 0.717) is 6.42 Å². The third-order valence-electron chi connectivity index (χ3n) is 5.29. The first-order chi connectivity index (χ1) is 14.9. The molecule has 0 radical (unpaired) electrons. The Morgan fingerprint density at radius 2 is 1.94 bits per heavy atom. The molecule has 0 spiro atoms. The van der Waals surface area contributed by atoms with Gasteiger partial charge in [0.2, 0.25) is 0 Å². The molecular weight excluding hydrogens is 432 g/mol. The van der Waals surface area contributed by atoms with Crippen molar-refractivity contribution in [2.75, 3.05) is 17.3 Å². The van der Waals surface area contributed by atoms with E-state index in [0.717, 1.165) is 34.3 Å². The number of Topliss-reactive ketones (excluding diaryl/α,β-unsaturated/α-hetero) is 1. The number of benzene rings is 2. The van der Waals surface area contributed by atoms with Crippen LogP contribution in [0, 0.1) is 5.92 Å². The van der Waals surface area contributed by atoms with Crippen LogP contribution in [0.4, 0.5) is 0 Å². The third kappa shape index (κ3) is 7.10. The molecule has 1 saturated carbocycles. The van der Waals surface area contributed by atoms with Gasteiger partial charge in [-0.3, -0.25) is 9.59 Å². The van der Waals surface area contributed by atoms with Crippen LogP contribution in [0.5, 0.6) is 0 Å². The van der Waals surface area contributed by atoms with Crippen molar-refractivity contribution in [2.24, 2.45) is 5.92 Å². The number of carbonyl (C=O) groups excluding carboxylic acids is 1. The highest BCUT2D eigenvalue weighted by atomic mass is 32.2. The van der Waals surface area contributed by atoms with E-state index >= 15 is 0 Å². The molecule has 31 heavy (non-hydrogen) atoms. The average Bonchev–Trinajstić information content (AvgIpc) is 3.01. The van der Waals surface area contributed by atoms with Gasteiger partial charge in [0.05, 0.1) is 23.2 Å². The van der Waals surface area contributed by atoms with Crippen LogP contribution in [0.3, 0.4) is 0 Å². The summed E-state index contributed by atoms with van der Waals surface area (Å²) in [6.07, 6.45) is 3.48. The molecule has 1 aliphatic carbocycles. The summed E-state index contributed by atoms with van der Waals surface area (Å²) < 4.78 is 0. The smallest absolute Gasteiger partial charge is 0.313 e. The Hall–Kier alpha value is -1.80. The van der Waals surface area contributed by atoms with Gasteiger partial charge in [-0.1, -0.05) is 54.6 Å². The summed E-state index contributed by atoms with van der Waals surface area (Å²) in [6, 6.07) is 14.2. The maximum Gasteiger partial charge on any atom is 0.313 e. The molecule has 3 N–H and O–H groups in total. The fourth-order valence-corrected chi connectivity index (χ4v) is 5.96. The predicted molar refractivity (Wildman–Crippen MR) is 128 cm³/mol. The summed E-state index contributed by atoms with van der Waals surface area (Å²) in [5.74, 6) is 0.462. The van der Waals surface area contributed by atoms with E-state index in [4.69, 9.17) is 5.11 Å². The minimum atomic E-state index is -0.820. The molecule has 1 fully saturated rings. The molecule has 3 rings (SSSR count). The number of rotatable bonds is 11. The highest BCUT2D eigenvalue weighted by molar-refractivity contribution is 8.01. The standard InChI is InChI=1S/C24H28O5S2/c25-19(13-16-6-7-17-4-1-2-5-18(17)12-16)8-9-20-21(26)14-22(27)24(20)31-11-3-10-30-15-23(28)29/h1-2,4-9,12,19-21,24-26H,3,10-11,13-15H2,(H,28,29)/b9-8+. The monoisotopic (exact) mass is 460 g/mol. The van der Waals surface area contributed by atoms with Crippen molar-refractivity contribution < 1.29 is 24.9 Å². The van der Waals surface area contributed by atoms with E-state index in [-0.39, 0.29) is 29.1 Å². The zero-order valence-corrected chi connectivity index (χ0v) is 18.9. The lowest BCUT2D eigenvalue weighted by atomic mass is 10.0. The number of aliphatic hydroxyl groups is 2. The zero-order chi connectivity index (χ0) is 22.2. The van der Waals surface area contributed by atoms with Crippen LogP contribution in [0.1, 0.15) is 18.4 Å². The molecule has 2 aromatic carbocycles. The number of aliphatic hydroxyl groups excluding tert-OH is 2. The van der Waals surface area contributed by atoms with Crippen molar-refractivity contribution in [3.63, 3.8) is 0 Å². The summed E-state index contributed by atoms with van der Waals surface area (Å²) in [6.45, 7) is 0. The molecule has 0 saturated heterocycles. The summed E-state index contributed by atoms with van der Waals surface area (Å²) in [7, 11) is 0. The molecule has 5 nitrogen and oxygen atoms in total. The molecule has 0 heterocycles. The van der Waals surface area contributed by atoms with E-state index in [9.17, 15) is 19.8 Å². The molecule has 0 bridgehead atoms. The Labute approximate surface area is 190 Å². The molecule has 2 aromatic rings. The van der Waals surface area contributed by atoms with Crippen LogP contribution in [0.25, 0.3) is 10.8 Å². The molecule has 0 aliphatic heterocycles. The third-order valence-corrected chi connectivity index (χ3v) is 7.78. The largest absolute Gasteiger partial charge is 0.481 e. The van der Waals surface area contributed by atoms with Crippen molar-refractivity contribution >= 4 is 46.0 Å². The van der Waals surface area contributed by atoms with Gasteiger partial charge in [0.15, 0.2) is 0 Å². The topological polar surface area (TPSA) is 94.8 Å². The van der Waals surface area contributed by atoms with Gasteiger partial charge < -0.3 is 15.3 Å². The fourth-order valence-electron chi connectivity index (χ4n) is 3.77. The molecule has 0 amide bonds. The number of carboxylic acid groups (broad SMARTS) is 1. The summed E-state index contributed by atoms with van der Waals surface area (Å²) in [5.41, 5.74) is 1.03. The van der Waals surface area contributed by atoms with Crippen LogP contribution in [-0.4, -0.2) is 61.8 Å². The summed E-state index contributed by atoms with van der Waals surface area (Å²) >= 11 is 2.88. The molecule has 166 valence electrons. The lowest BCUT2D eigenvalue weighted by molar-refractivity contribution is -0.133. The molecule has 4 unspecified atom stereocenters. The van der Waals surface area contributed by atoms with Gasteiger partial charge in [0, 0.05) is 18.8 Å². The Balaban J connectivity index is 1.52. The van der Waals surface area contributed by atoms with E-state index in [2.05, 4.69) is 12.1 Å². The van der Waals surface area contributed by atoms with Crippen molar-refractivity contribution in [1.82, 2.24) is 0 Å². The minimum absolute atomic E-state index is 0.0364. The first-order valence-corrected chi connectivity index (χ1v) is 12.6. The first kappa shape index (κ1) is 23.9. The van der Waals surface area contributed by atoms with Gasteiger partial charge in [-0.2, -0.15) is 11.8 Å². The Morgan fingerprint density at radius 3 is 2.71 bits per heavy atom. The van der Waals surface area contributed by atoms with E-state index in [1.807, 2.05) is 30.3 Å². The number of hydrogen-bond donors (Lipinski definition) is 3. The Kier molecular flexibility index (Phi) is 9.02. The number of carbonyl (C=O) groups is 2. The quantitative estimate of drug-likeness (QED) is 0.349. The SMILES string of the molecule is O=C(O)CSCCCSC1C(=O)CC(O)C1/C=C/C(O)Cc1ccc2ccccc2c1. The highest BCUT2D eigenvalue weighted by Gasteiger charge is 2.40. The Morgan fingerprint density at radius 1 is 1.16 bits per heavy atom. The normalized spacial score (nSPS) is 22.4. The second-order valence-electron chi connectivity index (χ2n) is 7.74. The summed E-state index contributed by atoms with van der Waals surface area (Å²) in [4.78, 5) is 22.8. The molecule has 7 heteroatoms. The lowest BCUT2D eigenvalue weighted by Crippen LogP contribution is -2.22.